The van der Waals surface area contributed by atoms with Crippen LogP contribution in [0.3, 0.4) is 0 Å². The number of aryl methyl sites for hydroxylation is 1. The first kappa shape index (κ1) is 23.4. The van der Waals surface area contributed by atoms with Crippen molar-refractivity contribution in [2.24, 2.45) is 17.0 Å². The largest absolute Gasteiger partial charge is 0.352 e. The highest BCUT2D eigenvalue weighted by Crippen LogP contribution is 2.38. The molecule has 1 fully saturated rings. The fraction of sp³-hybridized carbons (Fsp3) is 0.385. The van der Waals surface area contributed by atoms with E-state index in [1.165, 1.54) is 6.92 Å². The van der Waals surface area contributed by atoms with Crippen LogP contribution in [0.1, 0.15) is 37.1 Å². The van der Waals surface area contributed by atoms with Crippen LogP contribution in [-0.4, -0.2) is 64.0 Å². The summed E-state index contributed by atoms with van der Waals surface area (Å²) in [5.74, 6) is 0.639. The van der Waals surface area contributed by atoms with E-state index in [1.54, 1.807) is 4.90 Å². The summed E-state index contributed by atoms with van der Waals surface area (Å²) in [5.41, 5.74) is 5.58. The molecule has 2 aromatic rings. The molecule has 0 bridgehead atoms. The van der Waals surface area contributed by atoms with Crippen molar-refractivity contribution in [2.75, 3.05) is 18.0 Å². The minimum absolute atomic E-state index is 0.0216. The van der Waals surface area contributed by atoms with Crippen LogP contribution < -0.4 is 10.2 Å². The number of carbonyl (C=O) groups is 2. The summed E-state index contributed by atoms with van der Waals surface area (Å²) < 4.78 is 2.09. The van der Waals surface area contributed by atoms with Crippen molar-refractivity contribution in [1.82, 2.24) is 14.8 Å². The molecule has 1 saturated heterocycles. The molecular weight excluding hydrogens is 464 g/mol. The molecule has 1 aromatic carbocycles. The third kappa shape index (κ3) is 4.05. The van der Waals surface area contributed by atoms with Gasteiger partial charge in [-0.05, 0) is 26.0 Å². The molecule has 8 nitrogen and oxygen atoms in total. The van der Waals surface area contributed by atoms with E-state index in [4.69, 9.17) is 21.6 Å². The minimum atomic E-state index is -0.483. The van der Waals surface area contributed by atoms with Gasteiger partial charge in [-0.1, -0.05) is 30.3 Å². The second-order valence-corrected chi connectivity index (χ2v) is 9.92. The Kier molecular flexibility index (Phi) is 5.79. The van der Waals surface area contributed by atoms with Crippen LogP contribution >= 0.6 is 11.6 Å². The summed E-state index contributed by atoms with van der Waals surface area (Å²) in [5, 5.41) is 3.70. The Balaban J connectivity index is 1.54. The van der Waals surface area contributed by atoms with Gasteiger partial charge in [0.2, 0.25) is 11.8 Å². The van der Waals surface area contributed by atoms with E-state index in [1.807, 2.05) is 31.3 Å². The van der Waals surface area contributed by atoms with Gasteiger partial charge in [-0.25, -0.2) is 4.99 Å². The Morgan fingerprint density at radius 1 is 1.23 bits per heavy atom. The smallest absolute Gasteiger partial charge is 0.222 e. The molecule has 0 aliphatic carbocycles. The lowest BCUT2D eigenvalue weighted by Crippen LogP contribution is -2.60. The van der Waals surface area contributed by atoms with E-state index in [0.717, 1.165) is 39.8 Å². The third-order valence-corrected chi connectivity index (χ3v) is 7.36. The fourth-order valence-electron chi connectivity index (χ4n) is 4.92. The van der Waals surface area contributed by atoms with Gasteiger partial charge in [-0.3, -0.25) is 14.6 Å². The summed E-state index contributed by atoms with van der Waals surface area (Å²) in [6.07, 6.45) is 2.24. The van der Waals surface area contributed by atoms with Gasteiger partial charge in [0.15, 0.2) is 0 Å². The van der Waals surface area contributed by atoms with Crippen molar-refractivity contribution in [3.05, 3.63) is 64.6 Å². The molecule has 3 aliphatic heterocycles. The second-order valence-electron chi connectivity index (χ2n) is 9.49. The molecule has 5 rings (SSSR count). The molecular formula is C26H29ClN6O2. The molecule has 182 valence electrons. The Bertz CT molecular complexity index is 1290. The highest BCUT2D eigenvalue weighted by atomic mass is 35.5. The third-order valence-electron chi connectivity index (χ3n) is 7.11. The molecule has 2 atom stereocenters. The van der Waals surface area contributed by atoms with Gasteiger partial charge in [0.05, 0.1) is 35.6 Å². The van der Waals surface area contributed by atoms with E-state index in [-0.39, 0.29) is 30.3 Å². The molecule has 4 heterocycles. The van der Waals surface area contributed by atoms with Gasteiger partial charge in [-0.2, -0.15) is 0 Å². The van der Waals surface area contributed by atoms with Gasteiger partial charge in [0, 0.05) is 55.1 Å². The Morgan fingerprint density at radius 3 is 2.57 bits per heavy atom. The van der Waals surface area contributed by atoms with Crippen molar-refractivity contribution in [3.63, 3.8) is 0 Å². The molecule has 9 heteroatoms. The lowest BCUT2D eigenvalue weighted by molar-refractivity contribution is -0.135. The van der Waals surface area contributed by atoms with Gasteiger partial charge in [-0.15, -0.1) is 0 Å². The zero-order valence-electron chi connectivity index (χ0n) is 20.4. The maximum atomic E-state index is 13.1. The molecule has 35 heavy (non-hydrogen) atoms. The number of likely N-dealkylation sites (tertiary alicyclic amines) is 1. The van der Waals surface area contributed by atoms with E-state index in [0.29, 0.717) is 18.1 Å². The standard InChI is InChI=1S/C26H29ClN6O2/c1-14-15(2)33-22-13-31(5)16(3)24(22)25(18-6-8-19(27)9-7-18)30-21(26(33)28-14)10-23(35)29-20-11-32(12-20)17(4)34/h6-9,13,15,20-21H,1,10-12H2,2-5H3,(H,29,35). The minimum Gasteiger partial charge on any atom is -0.352 e. The quantitative estimate of drug-likeness (QED) is 0.712. The number of halogens is 1. The first-order valence-corrected chi connectivity index (χ1v) is 12.1. The monoisotopic (exact) mass is 492 g/mol. The number of nitrogens with one attached hydrogen (secondary N) is 1. The second kappa shape index (κ2) is 8.68. The van der Waals surface area contributed by atoms with E-state index in [2.05, 4.69) is 41.4 Å². The molecule has 0 radical (unpaired) electrons. The number of amidine groups is 1. The SMILES string of the molecule is C=C1N=C2C(CC(=O)NC3CN(C(C)=O)C3)N=C(c3ccc(Cl)cc3)c3c(cn(C)c3C)N2C1C. The van der Waals surface area contributed by atoms with Gasteiger partial charge < -0.3 is 19.7 Å². The number of benzene rings is 1. The lowest BCUT2D eigenvalue weighted by Gasteiger charge is -2.39. The molecule has 2 amide bonds. The average Bonchev–Trinajstić information content (AvgIpc) is 3.18. The first-order valence-electron chi connectivity index (χ1n) is 11.8. The number of hydrogen-bond acceptors (Lipinski definition) is 5. The van der Waals surface area contributed by atoms with Crippen LogP contribution in [0, 0.1) is 6.92 Å². The van der Waals surface area contributed by atoms with Crippen molar-refractivity contribution >= 4 is 40.6 Å². The number of hydrogen-bond donors (Lipinski definition) is 1. The van der Waals surface area contributed by atoms with Gasteiger partial charge in [0.25, 0.3) is 0 Å². The van der Waals surface area contributed by atoms with Crippen LogP contribution in [0.5, 0.6) is 0 Å². The molecule has 1 N–H and O–H groups in total. The highest BCUT2D eigenvalue weighted by Gasteiger charge is 2.40. The number of nitrogens with zero attached hydrogens (tertiary/aromatic N) is 5. The highest BCUT2D eigenvalue weighted by molar-refractivity contribution is 6.31. The number of rotatable bonds is 4. The number of fused-ring (bicyclic) bond motifs is 3. The predicted molar refractivity (Wildman–Crippen MR) is 138 cm³/mol. The number of anilines is 1. The van der Waals surface area contributed by atoms with Crippen molar-refractivity contribution < 1.29 is 9.59 Å². The zero-order valence-corrected chi connectivity index (χ0v) is 21.1. The topological polar surface area (TPSA) is 82.3 Å². The van der Waals surface area contributed by atoms with Crippen molar-refractivity contribution in [2.45, 2.75) is 45.3 Å². The van der Waals surface area contributed by atoms with Crippen molar-refractivity contribution in [1.29, 1.82) is 0 Å². The van der Waals surface area contributed by atoms with Gasteiger partial charge in [0.1, 0.15) is 11.9 Å². The van der Waals surface area contributed by atoms with Crippen LogP contribution in [0.15, 0.2) is 52.7 Å². The zero-order chi connectivity index (χ0) is 25.0. The summed E-state index contributed by atoms with van der Waals surface area (Å²) in [6.45, 7) is 10.9. The molecule has 0 saturated carbocycles. The summed E-state index contributed by atoms with van der Waals surface area (Å²) >= 11 is 6.17. The van der Waals surface area contributed by atoms with Crippen LogP contribution in [0.2, 0.25) is 5.02 Å². The first-order chi connectivity index (χ1) is 16.6. The average molecular weight is 493 g/mol. The number of amides is 2. The van der Waals surface area contributed by atoms with Crippen LogP contribution in [0.25, 0.3) is 0 Å². The summed E-state index contributed by atoms with van der Waals surface area (Å²) in [4.78, 5) is 38.4. The maximum Gasteiger partial charge on any atom is 0.222 e. The van der Waals surface area contributed by atoms with E-state index < -0.39 is 6.04 Å². The molecule has 3 aliphatic rings. The number of aromatic nitrogens is 1. The maximum absolute atomic E-state index is 13.1. The fourth-order valence-corrected chi connectivity index (χ4v) is 5.05. The molecule has 1 aromatic heterocycles. The normalized spacial score (nSPS) is 21.6. The van der Waals surface area contributed by atoms with E-state index in [9.17, 15) is 9.59 Å². The number of aliphatic imine (C=N–C) groups is 2. The molecule has 2 unspecified atom stereocenters. The lowest BCUT2D eigenvalue weighted by atomic mass is 10.0. The van der Waals surface area contributed by atoms with E-state index >= 15 is 0 Å². The number of carbonyl (C=O) groups excluding carboxylic acids is 2. The summed E-state index contributed by atoms with van der Waals surface area (Å²) in [6, 6.07) is 7.05. The Morgan fingerprint density at radius 2 is 1.91 bits per heavy atom. The van der Waals surface area contributed by atoms with Crippen LogP contribution in [-0.2, 0) is 16.6 Å². The predicted octanol–water partition coefficient (Wildman–Crippen LogP) is 3.06. The molecule has 0 spiro atoms. The van der Waals surface area contributed by atoms with Gasteiger partial charge >= 0.3 is 0 Å². The van der Waals surface area contributed by atoms with Crippen LogP contribution in [0.4, 0.5) is 5.69 Å². The summed E-state index contributed by atoms with van der Waals surface area (Å²) in [7, 11) is 2.02. The van der Waals surface area contributed by atoms with Crippen molar-refractivity contribution in [3.8, 4) is 0 Å². The Labute approximate surface area is 210 Å². The Hall–Kier alpha value is -3.39.